The Balaban J connectivity index is 0.000000143. The minimum absolute atomic E-state index is 0.593. The molecule has 0 radical (unpaired) electrons. The molecule has 0 spiro atoms. The molecule has 0 unspecified atom stereocenters. The maximum absolute atomic E-state index is 9.71. The Labute approximate surface area is 614 Å². The number of hydrogen-bond donors (Lipinski definition) is 0. The van der Waals surface area contributed by atoms with Gasteiger partial charge in [0.1, 0.15) is 0 Å². The van der Waals surface area contributed by atoms with E-state index in [1.54, 1.807) is 0 Å². The topological polar surface area (TPSA) is 99.1 Å². The van der Waals surface area contributed by atoms with E-state index < -0.39 is 0 Å². The molecule has 0 bridgehead atoms. The van der Waals surface area contributed by atoms with Gasteiger partial charge in [-0.2, -0.15) is 10.5 Å². The molecule has 20 aromatic rings. The number of benzene rings is 14. The molecule has 6 aromatic heterocycles. The van der Waals surface area contributed by atoms with Gasteiger partial charge in [0.2, 0.25) is 0 Å². The van der Waals surface area contributed by atoms with Gasteiger partial charge >= 0.3 is 0 Å². The molecule has 0 atom stereocenters. The number of hydrogen-bond acceptors (Lipinski definition) is 10. The van der Waals surface area contributed by atoms with Crippen LogP contribution in [0.4, 0.5) is 0 Å². The Hall–Kier alpha value is -12.9. The van der Waals surface area contributed by atoms with E-state index in [9.17, 15) is 10.5 Å². The summed E-state index contributed by atoms with van der Waals surface area (Å²) in [7, 11) is 0. The number of aromatic nitrogens is 4. The van der Waals surface area contributed by atoms with Crippen LogP contribution in [0.3, 0.4) is 0 Å². The number of fused-ring (bicyclic) bond motifs is 12. The highest BCUT2D eigenvalue weighted by Crippen LogP contribution is 2.47. The minimum Gasteiger partial charge on any atom is -0.228 e. The lowest BCUT2D eigenvalue weighted by Gasteiger charge is -2.14. The van der Waals surface area contributed by atoms with Crippen LogP contribution in [-0.4, -0.2) is 19.9 Å². The van der Waals surface area contributed by atoms with Crippen LogP contribution in [0.25, 0.3) is 193 Å². The second kappa shape index (κ2) is 26.2. The molecule has 0 aliphatic rings. The molecule has 0 amide bonds. The van der Waals surface area contributed by atoms with Crippen molar-refractivity contribution in [1.29, 1.82) is 10.5 Å². The average Bonchev–Trinajstić information content (AvgIpc) is 0.824. The summed E-state index contributed by atoms with van der Waals surface area (Å²) in [5.74, 6) is 1.28. The summed E-state index contributed by atoms with van der Waals surface area (Å²) in [5.41, 5.74) is 19.2. The highest BCUT2D eigenvalue weighted by Gasteiger charge is 2.21. The molecule has 0 aliphatic heterocycles. The smallest absolute Gasteiger partial charge is 0.160 e. The summed E-state index contributed by atoms with van der Waals surface area (Å²) in [6, 6.07) is 119. The predicted octanol–water partition coefficient (Wildman–Crippen LogP) is 26.8. The largest absolute Gasteiger partial charge is 0.228 e. The van der Waals surface area contributed by atoms with Crippen LogP contribution in [-0.2, 0) is 0 Å². The van der Waals surface area contributed by atoms with E-state index in [2.05, 4.69) is 231 Å². The molecule has 484 valence electrons. The third-order valence-electron chi connectivity index (χ3n) is 19.4. The zero-order valence-corrected chi connectivity index (χ0v) is 58.8. The first-order valence-electron chi connectivity index (χ1n) is 34.2. The van der Waals surface area contributed by atoms with Crippen molar-refractivity contribution < 1.29 is 0 Å². The van der Waals surface area contributed by atoms with Crippen molar-refractivity contribution in [2.75, 3.05) is 0 Å². The molecule has 0 aliphatic carbocycles. The standard InChI is InChI=1S/2C47H27N3S2/c48-28-29-11-8-14-31(23-29)41-27-42(50-47(49-41)30-12-2-1-3-13-30)34-25-32(35-17-9-19-39-37-15-4-6-21-43(37)51-45(35)39)24-33(26-34)36-18-10-20-40-38-16-5-7-22-44(38)52-46(36)40;48-28-29-9-8-12-33(21-29)41-27-42(50-47(49-41)30-10-2-1-3-11-30)36-23-34(31-17-19-45-39(25-31)37-13-4-6-15-43(37)51-45)22-35(24-36)32-18-20-46-40(26-32)38-14-5-7-16-44(38)52-46/h2*1-27H. The van der Waals surface area contributed by atoms with Crippen LogP contribution >= 0.6 is 45.3 Å². The summed E-state index contributed by atoms with van der Waals surface area (Å²) in [4.78, 5) is 20.5. The van der Waals surface area contributed by atoms with E-state index in [1.165, 1.54) is 91.8 Å². The summed E-state index contributed by atoms with van der Waals surface area (Å²) >= 11 is 7.36. The maximum Gasteiger partial charge on any atom is 0.160 e. The van der Waals surface area contributed by atoms with Crippen LogP contribution in [0.2, 0.25) is 0 Å². The van der Waals surface area contributed by atoms with E-state index in [1.807, 2.05) is 155 Å². The van der Waals surface area contributed by atoms with E-state index in [-0.39, 0.29) is 0 Å². The first-order valence-corrected chi connectivity index (χ1v) is 37.5. The lowest BCUT2D eigenvalue weighted by Crippen LogP contribution is -1.97. The van der Waals surface area contributed by atoms with Crippen molar-refractivity contribution in [2.24, 2.45) is 0 Å². The third kappa shape index (κ3) is 11.5. The van der Waals surface area contributed by atoms with Crippen molar-refractivity contribution >= 4 is 126 Å². The molecule has 14 aromatic carbocycles. The number of nitrogens with zero attached hydrogens (tertiary/aromatic N) is 6. The van der Waals surface area contributed by atoms with Gasteiger partial charge in [0.15, 0.2) is 11.6 Å². The summed E-state index contributed by atoms with van der Waals surface area (Å²) in [6.07, 6.45) is 0. The van der Waals surface area contributed by atoms with Crippen LogP contribution < -0.4 is 0 Å². The Morgan fingerprint density at radius 3 is 0.942 bits per heavy atom. The summed E-state index contributed by atoms with van der Waals surface area (Å²) in [6.45, 7) is 0. The van der Waals surface area contributed by atoms with Gasteiger partial charge in [-0.25, -0.2) is 19.9 Å². The zero-order valence-electron chi connectivity index (χ0n) is 55.5. The zero-order chi connectivity index (χ0) is 69.2. The molecule has 0 fully saturated rings. The first-order chi connectivity index (χ1) is 51.4. The molecule has 0 saturated heterocycles. The monoisotopic (exact) mass is 1390 g/mol. The second-order valence-corrected chi connectivity index (χ2v) is 30.1. The molecule has 20 rings (SSSR count). The molecular weight excluding hydrogens is 1340 g/mol. The second-order valence-electron chi connectivity index (χ2n) is 25.8. The third-order valence-corrected chi connectivity index (χ3v) is 24.1. The summed E-state index contributed by atoms with van der Waals surface area (Å²) < 4.78 is 10.3. The van der Waals surface area contributed by atoms with Crippen molar-refractivity contribution in [3.05, 3.63) is 339 Å². The van der Waals surface area contributed by atoms with Gasteiger partial charge in [0.05, 0.1) is 46.0 Å². The number of thiophene rings is 4. The van der Waals surface area contributed by atoms with Crippen molar-refractivity contribution in [3.63, 3.8) is 0 Å². The van der Waals surface area contributed by atoms with Crippen LogP contribution in [0.1, 0.15) is 11.1 Å². The van der Waals surface area contributed by atoms with Crippen molar-refractivity contribution in [3.8, 4) is 124 Å². The van der Waals surface area contributed by atoms with Crippen molar-refractivity contribution in [1.82, 2.24) is 19.9 Å². The van der Waals surface area contributed by atoms with Gasteiger partial charge in [-0.3, -0.25) is 0 Å². The molecule has 0 saturated carbocycles. The van der Waals surface area contributed by atoms with Gasteiger partial charge in [-0.05, 0) is 166 Å². The van der Waals surface area contributed by atoms with Gasteiger partial charge in [0.25, 0.3) is 0 Å². The lowest BCUT2D eigenvalue weighted by atomic mass is 9.93. The van der Waals surface area contributed by atoms with E-state index >= 15 is 0 Å². The molecular formula is C94H54N6S4. The van der Waals surface area contributed by atoms with Gasteiger partial charge in [-0.1, -0.05) is 206 Å². The molecule has 6 heterocycles. The summed E-state index contributed by atoms with van der Waals surface area (Å²) in [5, 5.41) is 29.6. The first kappa shape index (κ1) is 62.1. The highest BCUT2D eigenvalue weighted by atomic mass is 32.1. The van der Waals surface area contributed by atoms with Gasteiger partial charge in [-0.15, -0.1) is 45.3 Å². The van der Waals surface area contributed by atoms with Crippen molar-refractivity contribution in [2.45, 2.75) is 0 Å². The van der Waals surface area contributed by atoms with Crippen LogP contribution in [0, 0.1) is 22.7 Å². The van der Waals surface area contributed by atoms with E-state index in [4.69, 9.17) is 19.9 Å². The Kier molecular flexibility index (Phi) is 15.7. The number of nitriles is 2. The van der Waals surface area contributed by atoms with E-state index in [0.29, 0.717) is 22.8 Å². The minimum atomic E-state index is 0.593. The quantitative estimate of drug-likeness (QED) is 0.135. The fraction of sp³-hybridized carbons (Fsp3) is 0. The predicted molar refractivity (Wildman–Crippen MR) is 439 cm³/mol. The normalized spacial score (nSPS) is 11.4. The van der Waals surface area contributed by atoms with Gasteiger partial charge < -0.3 is 0 Å². The highest BCUT2D eigenvalue weighted by molar-refractivity contribution is 7.27. The fourth-order valence-corrected chi connectivity index (χ4v) is 19.0. The fourth-order valence-electron chi connectivity index (χ4n) is 14.4. The van der Waals surface area contributed by atoms with Crippen LogP contribution in [0.15, 0.2) is 328 Å². The Morgan fingerprint density at radius 2 is 0.519 bits per heavy atom. The lowest BCUT2D eigenvalue weighted by molar-refractivity contribution is 1.18. The maximum atomic E-state index is 9.71. The van der Waals surface area contributed by atoms with E-state index in [0.717, 1.165) is 89.5 Å². The SMILES string of the molecule is N#Cc1cccc(-c2cc(-c3cc(-c4ccc5sc6ccccc6c5c4)cc(-c4ccc5sc6ccccc6c5c4)c3)nc(-c3ccccc3)n2)c1.N#Cc1cccc(-c2cc(-c3cc(-c4cccc5c4sc4ccccc45)cc(-c4cccc5c4sc4ccccc45)c3)nc(-c3ccccc3)n2)c1. The van der Waals surface area contributed by atoms with Gasteiger partial charge in [0, 0.05) is 114 Å². The Morgan fingerprint density at radius 1 is 0.202 bits per heavy atom. The molecule has 6 nitrogen and oxygen atoms in total. The number of rotatable bonds is 10. The van der Waals surface area contributed by atoms with Crippen LogP contribution in [0.5, 0.6) is 0 Å². The molecule has 104 heavy (non-hydrogen) atoms. The molecule has 10 heteroatoms. The molecule has 0 N–H and O–H groups in total. The Bertz CT molecular complexity index is 6650. The average molecular weight is 1400 g/mol.